The first-order chi connectivity index (χ1) is 16.4. The summed E-state index contributed by atoms with van der Waals surface area (Å²) in [4.78, 5) is 12.0. The summed E-state index contributed by atoms with van der Waals surface area (Å²) in [6.45, 7) is 6.23. The summed E-state index contributed by atoms with van der Waals surface area (Å²) in [5, 5.41) is 3.88. The first kappa shape index (κ1) is 23.7. The third kappa shape index (κ3) is 4.75. The van der Waals surface area contributed by atoms with Crippen molar-refractivity contribution in [2.75, 3.05) is 11.9 Å². The fourth-order valence-electron chi connectivity index (χ4n) is 4.52. The normalized spacial score (nSPS) is 15.0. The van der Waals surface area contributed by atoms with Gasteiger partial charge in [-0.05, 0) is 82.1 Å². The predicted octanol–water partition coefficient (Wildman–Crippen LogP) is 5.86. The second-order valence-corrected chi connectivity index (χ2v) is 8.90. The van der Waals surface area contributed by atoms with E-state index >= 15 is 0 Å². The van der Waals surface area contributed by atoms with Crippen molar-refractivity contribution in [2.45, 2.75) is 58.2 Å². The van der Waals surface area contributed by atoms with Crippen LogP contribution in [0.3, 0.4) is 0 Å². The lowest BCUT2D eigenvalue weighted by molar-refractivity contribution is 0.130. The maximum absolute atomic E-state index is 12.0. The number of fused-ring (bicyclic) bond motifs is 1. The van der Waals surface area contributed by atoms with Crippen molar-refractivity contribution in [1.29, 1.82) is 0 Å². The van der Waals surface area contributed by atoms with Crippen LogP contribution in [0.5, 0.6) is 5.75 Å². The van der Waals surface area contributed by atoms with Gasteiger partial charge < -0.3 is 25.5 Å². The van der Waals surface area contributed by atoms with Crippen LogP contribution in [0.2, 0.25) is 0 Å². The molecule has 0 bridgehead atoms. The summed E-state index contributed by atoms with van der Waals surface area (Å²) in [6, 6.07) is 14.0. The third-order valence-corrected chi connectivity index (χ3v) is 6.17. The molecule has 34 heavy (non-hydrogen) atoms. The van der Waals surface area contributed by atoms with Crippen molar-refractivity contribution in [2.24, 2.45) is 11.5 Å². The monoisotopic (exact) mass is 462 g/mol. The summed E-state index contributed by atoms with van der Waals surface area (Å²) < 4.78 is 13.4. The SMILES string of the molecule is CCOc1ccc2c(C(N)/C=C\N)c(-c3ccc(NC(=O)OC(C)C)cc3)n(C3CCC3)c2c1. The molecule has 7 heteroatoms. The maximum atomic E-state index is 12.0. The zero-order valence-corrected chi connectivity index (χ0v) is 20.1. The minimum Gasteiger partial charge on any atom is -0.494 e. The molecule has 1 amide bonds. The van der Waals surface area contributed by atoms with E-state index in [1.165, 1.54) is 12.6 Å². The van der Waals surface area contributed by atoms with Gasteiger partial charge >= 0.3 is 6.09 Å². The number of carbonyl (C=O) groups excluding carboxylic acids is 1. The smallest absolute Gasteiger partial charge is 0.411 e. The molecule has 1 atom stereocenters. The first-order valence-electron chi connectivity index (χ1n) is 12.0. The Hall–Kier alpha value is -3.45. The number of hydrogen-bond donors (Lipinski definition) is 3. The van der Waals surface area contributed by atoms with Gasteiger partial charge in [-0.25, -0.2) is 4.79 Å². The molecule has 2 aromatic carbocycles. The molecule has 1 saturated carbocycles. The molecular weight excluding hydrogens is 428 g/mol. The molecule has 0 radical (unpaired) electrons. The number of benzene rings is 2. The largest absolute Gasteiger partial charge is 0.494 e. The number of hydrogen-bond acceptors (Lipinski definition) is 5. The fraction of sp³-hybridized carbons (Fsp3) is 0.370. The lowest BCUT2D eigenvalue weighted by Crippen LogP contribution is -2.19. The zero-order chi connectivity index (χ0) is 24.2. The van der Waals surface area contributed by atoms with E-state index in [0.717, 1.165) is 46.3 Å². The van der Waals surface area contributed by atoms with Crippen molar-refractivity contribution < 1.29 is 14.3 Å². The molecule has 1 aliphatic rings. The quantitative estimate of drug-likeness (QED) is 0.389. The molecular formula is C27H34N4O3. The number of anilines is 1. The molecule has 0 aliphatic heterocycles. The van der Waals surface area contributed by atoms with Gasteiger partial charge in [-0.1, -0.05) is 12.1 Å². The van der Waals surface area contributed by atoms with E-state index in [2.05, 4.69) is 22.0 Å². The van der Waals surface area contributed by atoms with E-state index in [0.29, 0.717) is 18.3 Å². The Bertz CT molecular complexity index is 1180. The van der Waals surface area contributed by atoms with Crippen molar-refractivity contribution in [3.63, 3.8) is 0 Å². The van der Waals surface area contributed by atoms with Gasteiger partial charge in [0.05, 0.1) is 30.0 Å². The van der Waals surface area contributed by atoms with Crippen molar-refractivity contribution in [3.8, 4) is 17.0 Å². The average molecular weight is 463 g/mol. The molecule has 4 rings (SSSR count). The van der Waals surface area contributed by atoms with Gasteiger partial charge in [0, 0.05) is 28.7 Å². The van der Waals surface area contributed by atoms with Crippen LogP contribution in [-0.4, -0.2) is 23.4 Å². The molecule has 1 fully saturated rings. The molecule has 7 nitrogen and oxygen atoms in total. The lowest BCUT2D eigenvalue weighted by atomic mass is 9.91. The van der Waals surface area contributed by atoms with E-state index in [1.807, 2.05) is 57.2 Å². The van der Waals surface area contributed by atoms with Crippen LogP contribution in [-0.2, 0) is 4.74 Å². The van der Waals surface area contributed by atoms with Crippen molar-refractivity contribution >= 4 is 22.7 Å². The standard InChI is InChI=1S/C27H34N4O3/c1-4-33-21-12-13-22-24(16-21)31(20-6-5-7-20)26(25(22)23(29)14-15-28)18-8-10-19(11-9-18)30-27(32)34-17(2)3/h8-17,20,23H,4-7,28-29H2,1-3H3,(H,30,32)/b15-14-. The van der Waals surface area contributed by atoms with E-state index in [-0.39, 0.29) is 12.1 Å². The summed E-state index contributed by atoms with van der Waals surface area (Å²) in [5.41, 5.74) is 17.3. The fourth-order valence-corrected chi connectivity index (χ4v) is 4.52. The van der Waals surface area contributed by atoms with E-state index < -0.39 is 6.09 Å². The van der Waals surface area contributed by atoms with Gasteiger partial charge in [0.1, 0.15) is 5.75 Å². The molecule has 0 saturated heterocycles. The van der Waals surface area contributed by atoms with E-state index in [4.69, 9.17) is 20.9 Å². The minimum atomic E-state index is -0.467. The molecule has 1 unspecified atom stereocenters. The van der Waals surface area contributed by atoms with Crippen LogP contribution in [0, 0.1) is 0 Å². The van der Waals surface area contributed by atoms with Crippen LogP contribution in [0.4, 0.5) is 10.5 Å². The van der Waals surface area contributed by atoms with Crippen LogP contribution in [0.25, 0.3) is 22.2 Å². The van der Waals surface area contributed by atoms with Gasteiger partial charge in [0.2, 0.25) is 0 Å². The van der Waals surface area contributed by atoms with Crippen LogP contribution >= 0.6 is 0 Å². The number of carbonyl (C=O) groups is 1. The molecule has 180 valence electrons. The van der Waals surface area contributed by atoms with Crippen molar-refractivity contribution in [3.05, 3.63) is 60.3 Å². The van der Waals surface area contributed by atoms with E-state index in [9.17, 15) is 4.79 Å². The average Bonchev–Trinajstić information content (AvgIpc) is 3.07. The Labute approximate surface area is 200 Å². The van der Waals surface area contributed by atoms with Crippen LogP contribution in [0.1, 0.15) is 57.7 Å². The second-order valence-electron chi connectivity index (χ2n) is 8.90. The van der Waals surface area contributed by atoms with Gasteiger partial charge in [-0.3, -0.25) is 5.32 Å². The summed E-state index contributed by atoms with van der Waals surface area (Å²) in [7, 11) is 0. The molecule has 0 spiro atoms. The highest BCUT2D eigenvalue weighted by atomic mass is 16.6. The number of rotatable bonds is 8. The van der Waals surface area contributed by atoms with E-state index in [1.54, 1.807) is 0 Å². The Morgan fingerprint density at radius 3 is 2.53 bits per heavy atom. The predicted molar refractivity (Wildman–Crippen MR) is 137 cm³/mol. The Balaban J connectivity index is 1.84. The zero-order valence-electron chi connectivity index (χ0n) is 20.1. The number of nitrogens with one attached hydrogen (secondary N) is 1. The highest BCUT2D eigenvalue weighted by molar-refractivity contribution is 5.94. The number of nitrogens with two attached hydrogens (primary N) is 2. The highest BCUT2D eigenvalue weighted by Gasteiger charge is 2.29. The first-order valence-corrected chi connectivity index (χ1v) is 12.0. The molecule has 1 heterocycles. The summed E-state index contributed by atoms with van der Waals surface area (Å²) in [6.07, 6.45) is 6.12. The summed E-state index contributed by atoms with van der Waals surface area (Å²) in [5.74, 6) is 0.845. The van der Waals surface area contributed by atoms with Gasteiger partial charge in [0.25, 0.3) is 0 Å². The third-order valence-electron chi connectivity index (χ3n) is 6.17. The molecule has 3 aromatic rings. The van der Waals surface area contributed by atoms with Gasteiger partial charge in [-0.2, -0.15) is 0 Å². The lowest BCUT2D eigenvalue weighted by Gasteiger charge is -2.30. The van der Waals surface area contributed by atoms with Gasteiger partial charge in [-0.15, -0.1) is 0 Å². The minimum absolute atomic E-state index is 0.182. The molecule has 1 aromatic heterocycles. The molecule has 5 N–H and O–H groups in total. The molecule has 1 aliphatic carbocycles. The van der Waals surface area contributed by atoms with Crippen LogP contribution in [0.15, 0.2) is 54.7 Å². The number of amides is 1. The topological polar surface area (TPSA) is 105 Å². The van der Waals surface area contributed by atoms with Gasteiger partial charge in [0.15, 0.2) is 0 Å². The summed E-state index contributed by atoms with van der Waals surface area (Å²) >= 11 is 0. The highest BCUT2D eigenvalue weighted by Crippen LogP contribution is 2.45. The number of aromatic nitrogens is 1. The number of nitrogens with zero attached hydrogens (tertiary/aromatic N) is 1. The van der Waals surface area contributed by atoms with Crippen molar-refractivity contribution in [1.82, 2.24) is 4.57 Å². The Kier molecular flexibility index (Phi) is 7.12. The number of ether oxygens (including phenoxy) is 2. The second kappa shape index (κ2) is 10.2. The maximum Gasteiger partial charge on any atom is 0.411 e. The Morgan fingerprint density at radius 1 is 1.21 bits per heavy atom. The van der Waals surface area contributed by atoms with Crippen LogP contribution < -0.4 is 21.5 Å². The Morgan fingerprint density at radius 2 is 1.94 bits per heavy atom.